The van der Waals surface area contributed by atoms with Gasteiger partial charge in [-0.3, -0.25) is 39.0 Å². The van der Waals surface area contributed by atoms with Gasteiger partial charge in [-0.05, 0) is 62.1 Å². The number of anilines is 1. The zero-order valence-electron chi connectivity index (χ0n) is 34.4. The summed E-state index contributed by atoms with van der Waals surface area (Å²) in [5.41, 5.74) is 5.69. The van der Waals surface area contributed by atoms with Crippen molar-refractivity contribution in [3.63, 3.8) is 0 Å². The number of benzene rings is 4. The first-order valence-electron chi connectivity index (χ1n) is 21.4. The normalized spacial score (nSPS) is 25.9. The third kappa shape index (κ3) is 4.77. The summed E-state index contributed by atoms with van der Waals surface area (Å²) in [5.74, 6) is -2.50. The van der Waals surface area contributed by atoms with Crippen molar-refractivity contribution in [3.8, 4) is 0 Å². The fourth-order valence-electron chi connectivity index (χ4n) is 11.9. The van der Waals surface area contributed by atoms with Gasteiger partial charge < -0.3 is 33.7 Å². The average molecular weight is 834 g/mol. The number of nitrogens with one attached hydrogen (secondary N) is 2. The van der Waals surface area contributed by atoms with Gasteiger partial charge in [-0.1, -0.05) is 36.4 Å². The first kappa shape index (κ1) is 37.2. The number of carbonyl (C=O) groups is 6. The van der Waals surface area contributed by atoms with E-state index in [1.54, 1.807) is 19.2 Å². The summed E-state index contributed by atoms with van der Waals surface area (Å²) in [4.78, 5) is 84.7. The number of para-hydroxylation sites is 2. The van der Waals surface area contributed by atoms with Crippen LogP contribution in [-0.2, 0) is 36.1 Å². The summed E-state index contributed by atoms with van der Waals surface area (Å²) in [6, 6.07) is 20.2. The van der Waals surface area contributed by atoms with Crippen LogP contribution >= 0.6 is 0 Å². The third-order valence-corrected chi connectivity index (χ3v) is 14.7. The molecular formula is C47H43N7O8. The van der Waals surface area contributed by atoms with Crippen LogP contribution in [0, 0.1) is 5.92 Å². The number of ether oxygens (including phenoxy) is 2. The maximum absolute atomic E-state index is 14.8. The molecule has 6 amide bonds. The SMILES string of the molecule is CO[C@@H]1[C@H](N(C)C(=O)C2CCN(c3ccc4c(c3)C(=O)N(C3CCC(=O)NC3=O)C4=O)CC2)C[C@H]2O[C@]1(C)n1c3ccccc3c3c4c(c5c6ccccc6n2c5c31)C(=O)NC4. The van der Waals surface area contributed by atoms with Gasteiger partial charge in [-0.2, -0.15) is 0 Å². The predicted molar refractivity (Wildman–Crippen MR) is 227 cm³/mol. The molecule has 2 bridgehead atoms. The maximum atomic E-state index is 14.8. The number of rotatable bonds is 5. The minimum atomic E-state index is -1.07. The lowest BCUT2D eigenvalue weighted by Gasteiger charge is -2.51. The quantitative estimate of drug-likeness (QED) is 0.230. The third-order valence-electron chi connectivity index (χ3n) is 14.7. The summed E-state index contributed by atoms with van der Waals surface area (Å²) < 4.78 is 18.4. The van der Waals surface area contributed by atoms with Crippen LogP contribution in [0.15, 0.2) is 66.7 Å². The Morgan fingerprint density at radius 1 is 0.871 bits per heavy atom. The van der Waals surface area contributed by atoms with E-state index >= 15 is 0 Å². The first-order chi connectivity index (χ1) is 30.0. The molecule has 12 rings (SSSR count). The Hall–Kier alpha value is -6.58. The van der Waals surface area contributed by atoms with Crippen molar-refractivity contribution in [2.45, 2.75) is 75.7 Å². The van der Waals surface area contributed by atoms with E-state index in [0.717, 1.165) is 59.8 Å². The molecule has 0 spiro atoms. The molecule has 3 fully saturated rings. The van der Waals surface area contributed by atoms with E-state index in [4.69, 9.17) is 9.47 Å². The summed E-state index contributed by atoms with van der Waals surface area (Å²) in [6.07, 6.45) is 0.667. The molecule has 15 nitrogen and oxygen atoms in total. The number of piperidine rings is 2. The van der Waals surface area contributed by atoms with Crippen LogP contribution in [0.3, 0.4) is 0 Å². The van der Waals surface area contributed by atoms with Gasteiger partial charge in [0.1, 0.15) is 18.4 Å². The van der Waals surface area contributed by atoms with Crippen molar-refractivity contribution in [2.24, 2.45) is 5.92 Å². The van der Waals surface area contributed by atoms with Gasteiger partial charge in [0.25, 0.3) is 17.7 Å². The lowest BCUT2D eigenvalue weighted by atomic mass is 9.89. The highest BCUT2D eigenvalue weighted by Crippen LogP contribution is 2.54. The molecule has 6 aliphatic rings. The van der Waals surface area contributed by atoms with Crippen LogP contribution in [0.25, 0.3) is 43.6 Å². The average Bonchev–Trinajstić information content (AvgIpc) is 3.99. The van der Waals surface area contributed by atoms with Crippen molar-refractivity contribution in [1.29, 1.82) is 0 Å². The molecule has 314 valence electrons. The topological polar surface area (TPSA) is 165 Å². The van der Waals surface area contributed by atoms with E-state index in [1.165, 1.54) is 0 Å². The summed E-state index contributed by atoms with van der Waals surface area (Å²) >= 11 is 0. The van der Waals surface area contributed by atoms with E-state index in [9.17, 15) is 28.8 Å². The highest BCUT2D eigenvalue weighted by molar-refractivity contribution is 6.31. The zero-order chi connectivity index (χ0) is 42.5. The largest absolute Gasteiger partial charge is 0.374 e. The monoisotopic (exact) mass is 833 g/mol. The fraction of sp³-hybridized carbons (Fsp3) is 0.362. The van der Waals surface area contributed by atoms with Gasteiger partial charge in [0.05, 0.1) is 44.8 Å². The molecule has 5 atom stereocenters. The van der Waals surface area contributed by atoms with Crippen molar-refractivity contribution in [2.75, 3.05) is 32.1 Å². The second-order valence-electron chi connectivity index (χ2n) is 17.7. The number of hydrogen-bond donors (Lipinski definition) is 2. The molecule has 1 unspecified atom stereocenters. The molecule has 0 saturated carbocycles. The minimum absolute atomic E-state index is 0.0201. The number of likely N-dealkylation sites (N-methyl/N-ethyl adjacent to an activating group) is 1. The van der Waals surface area contributed by atoms with Gasteiger partial charge in [0, 0.05) is 79.8 Å². The van der Waals surface area contributed by atoms with Gasteiger partial charge in [0.15, 0.2) is 5.72 Å². The van der Waals surface area contributed by atoms with Crippen LogP contribution in [0.1, 0.15) is 81.9 Å². The standard InChI is InChI=1S/C47H43N7O8/c1-47-41(61-3)33(50(2)44(58)23-16-18-51(19-17-23)24-12-13-25-28(20-24)46(60)53(45(25)59)32-14-15-34(55)49-42(32)56)21-35(62-47)52-30-10-6-4-8-26(30)37-38-29(22-48-43(38)57)36-27-9-5-7-11-31(27)54(47)40(36)39(37)52/h4-13,20,23,32-33,35,41H,14-19,21-22H2,1-3H3,(H,48,57)(H,49,55,56)/t32?,33-,35-,41-,47+/m1/s1. The molecule has 6 aromatic rings. The van der Waals surface area contributed by atoms with Gasteiger partial charge in [-0.25, -0.2) is 0 Å². The molecular weight excluding hydrogens is 791 g/mol. The second-order valence-corrected chi connectivity index (χ2v) is 17.7. The highest BCUT2D eigenvalue weighted by atomic mass is 16.6. The number of hydrogen-bond acceptors (Lipinski definition) is 9. The smallest absolute Gasteiger partial charge is 0.262 e. The van der Waals surface area contributed by atoms with E-state index in [0.29, 0.717) is 44.5 Å². The van der Waals surface area contributed by atoms with E-state index < -0.39 is 53.8 Å². The van der Waals surface area contributed by atoms with E-state index in [-0.39, 0.29) is 41.7 Å². The number of amides is 6. The van der Waals surface area contributed by atoms with E-state index in [1.807, 2.05) is 42.3 Å². The molecule has 15 heteroatoms. The van der Waals surface area contributed by atoms with Gasteiger partial charge in [0.2, 0.25) is 17.7 Å². The Morgan fingerprint density at radius 2 is 1.58 bits per heavy atom. The molecule has 6 aliphatic heterocycles. The Morgan fingerprint density at radius 3 is 2.32 bits per heavy atom. The first-order valence-corrected chi connectivity index (χ1v) is 21.4. The number of fused-ring (bicyclic) bond motifs is 14. The fourth-order valence-corrected chi connectivity index (χ4v) is 11.9. The minimum Gasteiger partial charge on any atom is -0.374 e. The van der Waals surface area contributed by atoms with Crippen LogP contribution in [0.5, 0.6) is 0 Å². The van der Waals surface area contributed by atoms with Crippen LogP contribution in [0.2, 0.25) is 0 Å². The zero-order valence-corrected chi connectivity index (χ0v) is 34.4. The Kier molecular flexibility index (Phi) is 7.78. The summed E-state index contributed by atoms with van der Waals surface area (Å²) in [7, 11) is 3.56. The predicted octanol–water partition coefficient (Wildman–Crippen LogP) is 4.91. The van der Waals surface area contributed by atoms with Crippen molar-refractivity contribution >= 4 is 84.7 Å². The molecule has 0 radical (unpaired) electrons. The van der Waals surface area contributed by atoms with Crippen LogP contribution in [0.4, 0.5) is 5.69 Å². The van der Waals surface area contributed by atoms with Crippen molar-refractivity contribution in [3.05, 3.63) is 89.0 Å². The van der Waals surface area contributed by atoms with Crippen LogP contribution < -0.4 is 15.5 Å². The lowest BCUT2D eigenvalue weighted by Crippen LogP contribution is -2.62. The molecule has 2 N–H and O–H groups in total. The molecule has 3 saturated heterocycles. The maximum Gasteiger partial charge on any atom is 0.262 e. The molecule has 8 heterocycles. The molecule has 62 heavy (non-hydrogen) atoms. The van der Waals surface area contributed by atoms with E-state index in [2.05, 4.69) is 55.9 Å². The number of carbonyl (C=O) groups excluding carboxylic acids is 6. The molecule has 4 aromatic carbocycles. The Balaban J connectivity index is 0.865. The summed E-state index contributed by atoms with van der Waals surface area (Å²) in [6.45, 7) is 3.60. The van der Waals surface area contributed by atoms with Gasteiger partial charge in [-0.15, -0.1) is 0 Å². The second kappa shape index (κ2) is 13.0. The molecule has 2 aromatic heterocycles. The molecule has 0 aliphatic carbocycles. The summed E-state index contributed by atoms with van der Waals surface area (Å²) in [5, 5.41) is 9.31. The highest BCUT2D eigenvalue weighted by Gasteiger charge is 2.55. The van der Waals surface area contributed by atoms with Gasteiger partial charge >= 0.3 is 0 Å². The Labute approximate surface area is 354 Å². The Bertz CT molecular complexity index is 3070. The number of aromatic nitrogens is 2. The van der Waals surface area contributed by atoms with Crippen LogP contribution in [-0.4, -0.2) is 99.8 Å². The number of nitrogens with zero attached hydrogens (tertiary/aromatic N) is 5. The van der Waals surface area contributed by atoms with Crippen molar-refractivity contribution in [1.82, 2.24) is 29.6 Å². The number of imide groups is 2. The number of methoxy groups -OCH3 is 1. The van der Waals surface area contributed by atoms with Crippen molar-refractivity contribution < 1.29 is 38.2 Å². The lowest BCUT2D eigenvalue weighted by molar-refractivity contribution is -0.266.